The summed E-state index contributed by atoms with van der Waals surface area (Å²) in [7, 11) is 0. The number of esters is 1. The SMILES string of the molecule is CC(=O)OC[C@H]1CC[C@@H](c2c[nH]c3c(N=[N+]=[N-])ncnc23)N1C(=O)OC(C)(C)C. The van der Waals surface area contributed by atoms with Crippen molar-refractivity contribution in [2.24, 2.45) is 5.11 Å². The first-order valence-electron chi connectivity index (χ1n) is 9.23. The number of carbonyl (C=O) groups excluding carboxylic acids is 2. The molecule has 3 heterocycles. The highest BCUT2D eigenvalue weighted by atomic mass is 16.6. The minimum absolute atomic E-state index is 0.0897. The van der Waals surface area contributed by atoms with Gasteiger partial charge in [0.15, 0.2) is 5.82 Å². The molecule has 1 amide bonds. The molecule has 2 aromatic rings. The number of nitrogens with one attached hydrogen (secondary N) is 1. The van der Waals surface area contributed by atoms with Crippen LogP contribution in [0.2, 0.25) is 0 Å². The molecular weight excluding hydrogens is 378 g/mol. The molecule has 1 N–H and O–H groups in total. The fraction of sp³-hybridized carbons (Fsp3) is 0.556. The van der Waals surface area contributed by atoms with E-state index in [9.17, 15) is 9.59 Å². The topological polar surface area (TPSA) is 146 Å². The van der Waals surface area contributed by atoms with Crippen molar-refractivity contribution in [2.75, 3.05) is 6.61 Å². The zero-order valence-electron chi connectivity index (χ0n) is 16.7. The van der Waals surface area contributed by atoms with Crippen LogP contribution in [-0.4, -0.2) is 50.2 Å². The lowest BCUT2D eigenvalue weighted by molar-refractivity contribution is -0.142. The summed E-state index contributed by atoms with van der Waals surface area (Å²) in [5.74, 6) is -0.224. The molecule has 0 aliphatic carbocycles. The number of carbonyl (C=O) groups is 2. The van der Waals surface area contributed by atoms with Crippen molar-refractivity contribution in [3.05, 3.63) is 28.5 Å². The maximum atomic E-state index is 13.0. The Bertz CT molecular complexity index is 974. The standard InChI is InChI=1S/C18H23N7O4/c1-10(26)28-8-11-5-6-13(25(11)17(27)29-18(2,3)4)12-7-20-15-14(12)21-9-22-16(15)23-24-19/h7,9,11,13,20H,5-6,8H2,1-4H3/t11-,13+/m1/s1. The third kappa shape index (κ3) is 4.40. The van der Waals surface area contributed by atoms with Gasteiger partial charge >= 0.3 is 12.1 Å². The number of fused-ring (bicyclic) bond motifs is 1. The summed E-state index contributed by atoms with van der Waals surface area (Å²) in [4.78, 5) is 40.0. The van der Waals surface area contributed by atoms with Gasteiger partial charge in [0.1, 0.15) is 18.5 Å². The minimum Gasteiger partial charge on any atom is -0.464 e. The van der Waals surface area contributed by atoms with Gasteiger partial charge in [-0.05, 0) is 44.3 Å². The van der Waals surface area contributed by atoms with Gasteiger partial charge in [-0.15, -0.1) is 0 Å². The first-order valence-corrected chi connectivity index (χ1v) is 9.23. The lowest BCUT2D eigenvalue weighted by Crippen LogP contribution is -2.43. The third-order valence-electron chi connectivity index (χ3n) is 4.56. The van der Waals surface area contributed by atoms with Crippen LogP contribution >= 0.6 is 0 Å². The van der Waals surface area contributed by atoms with Crippen molar-refractivity contribution in [1.82, 2.24) is 19.9 Å². The molecule has 11 heteroatoms. The molecule has 154 valence electrons. The summed E-state index contributed by atoms with van der Waals surface area (Å²) in [5, 5.41) is 3.58. The molecule has 0 saturated carbocycles. The highest BCUT2D eigenvalue weighted by molar-refractivity contribution is 5.87. The number of ether oxygens (including phenoxy) is 2. The molecule has 11 nitrogen and oxygen atoms in total. The van der Waals surface area contributed by atoms with Crippen molar-refractivity contribution < 1.29 is 19.1 Å². The number of aromatic nitrogens is 3. The second-order valence-corrected chi connectivity index (χ2v) is 7.79. The zero-order chi connectivity index (χ0) is 21.2. The highest BCUT2D eigenvalue weighted by Crippen LogP contribution is 2.40. The van der Waals surface area contributed by atoms with E-state index in [-0.39, 0.29) is 24.5 Å². The average molecular weight is 401 g/mol. The molecule has 1 saturated heterocycles. The fourth-order valence-electron chi connectivity index (χ4n) is 3.47. The van der Waals surface area contributed by atoms with Gasteiger partial charge in [0.25, 0.3) is 0 Å². The molecule has 0 aromatic carbocycles. The van der Waals surface area contributed by atoms with E-state index < -0.39 is 17.7 Å². The maximum Gasteiger partial charge on any atom is 0.411 e. The van der Waals surface area contributed by atoms with Crippen LogP contribution < -0.4 is 0 Å². The quantitative estimate of drug-likeness (QED) is 0.356. The second kappa shape index (κ2) is 7.96. The number of hydrogen-bond donors (Lipinski definition) is 1. The molecule has 1 fully saturated rings. The molecule has 29 heavy (non-hydrogen) atoms. The first-order chi connectivity index (χ1) is 13.7. The zero-order valence-corrected chi connectivity index (χ0v) is 16.7. The lowest BCUT2D eigenvalue weighted by Gasteiger charge is -2.32. The number of rotatable bonds is 4. The second-order valence-electron chi connectivity index (χ2n) is 7.79. The van der Waals surface area contributed by atoms with Crippen molar-refractivity contribution in [2.45, 2.75) is 58.2 Å². The Labute approximate surface area is 167 Å². The average Bonchev–Trinajstić information content (AvgIpc) is 3.23. The number of nitrogens with zero attached hydrogens (tertiary/aromatic N) is 6. The van der Waals surface area contributed by atoms with Gasteiger partial charge in [0.2, 0.25) is 0 Å². The van der Waals surface area contributed by atoms with E-state index >= 15 is 0 Å². The summed E-state index contributed by atoms with van der Waals surface area (Å²) in [6, 6.07) is -0.657. The third-order valence-corrected chi connectivity index (χ3v) is 4.56. The van der Waals surface area contributed by atoms with E-state index in [1.54, 1.807) is 31.9 Å². The fourth-order valence-corrected chi connectivity index (χ4v) is 3.47. The van der Waals surface area contributed by atoms with E-state index in [0.717, 1.165) is 5.56 Å². The highest BCUT2D eigenvalue weighted by Gasteiger charge is 2.41. The van der Waals surface area contributed by atoms with E-state index in [1.807, 2.05) is 0 Å². The number of amides is 1. The van der Waals surface area contributed by atoms with E-state index in [2.05, 4.69) is 25.0 Å². The Hall–Kier alpha value is -3.33. The van der Waals surface area contributed by atoms with Gasteiger partial charge in [-0.25, -0.2) is 14.8 Å². The normalized spacial score (nSPS) is 19.1. The van der Waals surface area contributed by atoms with Crippen molar-refractivity contribution in [3.63, 3.8) is 0 Å². The molecule has 3 rings (SSSR count). The van der Waals surface area contributed by atoms with E-state index in [4.69, 9.17) is 15.0 Å². The Kier molecular flexibility index (Phi) is 5.60. The van der Waals surface area contributed by atoms with Crippen LogP contribution in [0.25, 0.3) is 21.5 Å². The van der Waals surface area contributed by atoms with Crippen molar-refractivity contribution in [3.8, 4) is 0 Å². The van der Waals surface area contributed by atoms with E-state index in [0.29, 0.717) is 23.9 Å². The number of aromatic amines is 1. The molecule has 2 aromatic heterocycles. The summed E-state index contributed by atoms with van der Waals surface area (Å²) < 4.78 is 10.8. The van der Waals surface area contributed by atoms with Crippen molar-refractivity contribution >= 4 is 28.9 Å². The number of H-pyrrole nitrogens is 1. The van der Waals surface area contributed by atoms with Crippen LogP contribution in [-0.2, 0) is 14.3 Å². The molecule has 0 bridgehead atoms. The molecule has 2 atom stereocenters. The molecule has 0 radical (unpaired) electrons. The van der Waals surface area contributed by atoms with Gasteiger partial charge in [-0.1, -0.05) is 0 Å². The Morgan fingerprint density at radius 2 is 2.14 bits per heavy atom. The summed E-state index contributed by atoms with van der Waals surface area (Å²) >= 11 is 0. The van der Waals surface area contributed by atoms with Crippen LogP contribution in [0.5, 0.6) is 0 Å². The van der Waals surface area contributed by atoms with Gasteiger partial charge in [-0.2, -0.15) is 0 Å². The van der Waals surface area contributed by atoms with E-state index in [1.165, 1.54) is 13.3 Å². The summed E-state index contributed by atoms with van der Waals surface area (Å²) in [6.07, 6.45) is 3.83. The molecule has 1 aliphatic rings. The first kappa shape index (κ1) is 20.4. The summed E-state index contributed by atoms with van der Waals surface area (Å²) in [6.45, 7) is 6.80. The number of likely N-dealkylation sites (tertiary alicyclic amines) is 1. The van der Waals surface area contributed by atoms with Crippen LogP contribution in [0.15, 0.2) is 17.6 Å². The smallest absolute Gasteiger partial charge is 0.411 e. The number of hydrogen-bond acceptors (Lipinski definition) is 7. The number of azide groups is 1. The van der Waals surface area contributed by atoms with Crippen LogP contribution in [0.1, 0.15) is 52.1 Å². The lowest BCUT2D eigenvalue weighted by atomic mass is 10.1. The molecule has 0 unspecified atom stereocenters. The van der Waals surface area contributed by atoms with Gasteiger partial charge < -0.3 is 14.5 Å². The Morgan fingerprint density at radius 1 is 1.38 bits per heavy atom. The van der Waals surface area contributed by atoms with Crippen LogP contribution in [0, 0.1) is 0 Å². The van der Waals surface area contributed by atoms with Gasteiger partial charge in [0.05, 0.1) is 23.1 Å². The largest absolute Gasteiger partial charge is 0.464 e. The van der Waals surface area contributed by atoms with Crippen LogP contribution in [0.3, 0.4) is 0 Å². The van der Waals surface area contributed by atoms with Crippen molar-refractivity contribution in [1.29, 1.82) is 0 Å². The maximum absolute atomic E-state index is 13.0. The van der Waals surface area contributed by atoms with Gasteiger partial charge in [0, 0.05) is 23.6 Å². The molecular formula is C18H23N7O4. The predicted molar refractivity (Wildman–Crippen MR) is 103 cm³/mol. The van der Waals surface area contributed by atoms with Gasteiger partial charge in [-0.3, -0.25) is 9.69 Å². The monoisotopic (exact) mass is 401 g/mol. The Morgan fingerprint density at radius 3 is 2.79 bits per heavy atom. The minimum atomic E-state index is -0.673. The van der Waals surface area contributed by atoms with Crippen LogP contribution in [0.4, 0.5) is 10.6 Å². The summed E-state index contributed by atoms with van der Waals surface area (Å²) in [5.41, 5.74) is 9.87. The predicted octanol–water partition coefficient (Wildman–Crippen LogP) is 3.90. The molecule has 1 aliphatic heterocycles. The Balaban J connectivity index is 1.99. The molecule has 0 spiro atoms.